The Balaban J connectivity index is 1.67. The first-order chi connectivity index (χ1) is 15.4. The van der Waals surface area contributed by atoms with Crippen LogP contribution in [0.3, 0.4) is 0 Å². The van der Waals surface area contributed by atoms with Crippen LogP contribution in [0.2, 0.25) is 10.0 Å². The van der Waals surface area contributed by atoms with Crippen LogP contribution in [0, 0.1) is 6.92 Å². The molecule has 0 atom stereocenters. The molecule has 0 N–H and O–H groups in total. The Bertz CT molecular complexity index is 1360. The van der Waals surface area contributed by atoms with Crippen molar-refractivity contribution in [3.63, 3.8) is 0 Å². The van der Waals surface area contributed by atoms with Gasteiger partial charge in [-0.05, 0) is 54.4 Å². The number of fused-ring (bicyclic) bond motifs is 1. The molecule has 0 aliphatic heterocycles. The van der Waals surface area contributed by atoms with Gasteiger partial charge in [0.2, 0.25) is 5.43 Å². The molecule has 0 spiro atoms. The van der Waals surface area contributed by atoms with Gasteiger partial charge in [0.15, 0.2) is 11.5 Å². The number of aryl methyl sites for hydroxylation is 1. The molecule has 0 saturated heterocycles. The van der Waals surface area contributed by atoms with E-state index in [0.29, 0.717) is 61.8 Å². The monoisotopic (exact) mass is 470 g/mol. The predicted octanol–water partition coefficient (Wildman–Crippen LogP) is 6.67. The molecule has 0 aliphatic rings. The van der Waals surface area contributed by atoms with Crippen LogP contribution in [-0.4, -0.2) is 14.2 Å². The number of rotatable bonds is 6. The van der Waals surface area contributed by atoms with E-state index in [1.807, 2.05) is 6.07 Å². The second-order valence-corrected chi connectivity index (χ2v) is 7.94. The van der Waals surface area contributed by atoms with Crippen molar-refractivity contribution < 1.29 is 18.6 Å². The van der Waals surface area contributed by atoms with Gasteiger partial charge >= 0.3 is 0 Å². The van der Waals surface area contributed by atoms with Crippen molar-refractivity contribution in [2.75, 3.05) is 14.2 Å². The zero-order valence-corrected chi connectivity index (χ0v) is 19.2. The fourth-order valence-electron chi connectivity index (χ4n) is 3.50. The van der Waals surface area contributed by atoms with Gasteiger partial charge in [0, 0.05) is 6.07 Å². The Kier molecular flexibility index (Phi) is 6.31. The summed E-state index contributed by atoms with van der Waals surface area (Å²) in [6, 6.07) is 15.8. The third-order valence-electron chi connectivity index (χ3n) is 5.10. The molecule has 0 amide bonds. The van der Waals surface area contributed by atoms with E-state index in [1.165, 1.54) is 0 Å². The maximum atomic E-state index is 13.3. The van der Waals surface area contributed by atoms with Crippen LogP contribution in [-0.2, 0) is 6.61 Å². The Hall–Kier alpha value is -3.15. The van der Waals surface area contributed by atoms with E-state index in [2.05, 4.69) is 0 Å². The normalized spacial score (nSPS) is 10.9. The number of hydrogen-bond acceptors (Lipinski definition) is 5. The van der Waals surface area contributed by atoms with Crippen LogP contribution in [0.5, 0.6) is 17.2 Å². The Morgan fingerprint density at radius 2 is 1.66 bits per heavy atom. The van der Waals surface area contributed by atoms with Gasteiger partial charge in [-0.25, -0.2) is 0 Å². The summed E-state index contributed by atoms with van der Waals surface area (Å²) < 4.78 is 22.5. The molecule has 5 nitrogen and oxygen atoms in total. The van der Waals surface area contributed by atoms with E-state index in [-0.39, 0.29) is 5.43 Å². The third kappa shape index (κ3) is 4.27. The second-order valence-electron chi connectivity index (χ2n) is 7.13. The van der Waals surface area contributed by atoms with E-state index >= 15 is 0 Å². The molecule has 4 rings (SSSR count). The molecule has 4 aromatic rings. The van der Waals surface area contributed by atoms with Crippen LogP contribution in [0.25, 0.3) is 22.1 Å². The zero-order valence-electron chi connectivity index (χ0n) is 17.7. The highest BCUT2D eigenvalue weighted by Crippen LogP contribution is 2.33. The van der Waals surface area contributed by atoms with Gasteiger partial charge in [0.05, 0.1) is 35.2 Å². The average Bonchev–Trinajstić information content (AvgIpc) is 2.79. The van der Waals surface area contributed by atoms with Gasteiger partial charge in [0.25, 0.3) is 0 Å². The summed E-state index contributed by atoms with van der Waals surface area (Å²) in [6.45, 7) is 2.06. The van der Waals surface area contributed by atoms with Gasteiger partial charge in [-0.15, -0.1) is 0 Å². The Morgan fingerprint density at radius 3 is 2.38 bits per heavy atom. The molecule has 0 bridgehead atoms. The molecular weight excluding hydrogens is 451 g/mol. The van der Waals surface area contributed by atoms with Crippen LogP contribution < -0.4 is 19.6 Å². The summed E-state index contributed by atoms with van der Waals surface area (Å²) in [7, 11) is 3.12. The minimum Gasteiger partial charge on any atom is -0.493 e. The largest absolute Gasteiger partial charge is 0.493 e. The van der Waals surface area contributed by atoms with Crippen LogP contribution in [0.1, 0.15) is 11.3 Å². The van der Waals surface area contributed by atoms with Crippen LogP contribution >= 0.6 is 23.2 Å². The summed E-state index contributed by atoms with van der Waals surface area (Å²) >= 11 is 12.0. The standard InChI is InChI=1S/C25H20Cl2O5/c1-14-24(16-5-9-21(29-2)23(11-16)30-3)25(28)18-7-6-17(12-22(18)32-14)31-13-15-4-8-19(26)20(27)10-15/h4-12H,13H2,1-3H3. The lowest BCUT2D eigenvalue weighted by Crippen LogP contribution is -2.08. The van der Waals surface area contributed by atoms with Crippen molar-refractivity contribution in [3.05, 3.63) is 86.2 Å². The predicted molar refractivity (Wildman–Crippen MR) is 127 cm³/mol. The number of methoxy groups -OCH3 is 2. The zero-order chi connectivity index (χ0) is 22.8. The van der Waals surface area contributed by atoms with Gasteiger partial charge < -0.3 is 18.6 Å². The number of hydrogen-bond donors (Lipinski definition) is 0. The highest BCUT2D eigenvalue weighted by atomic mass is 35.5. The molecule has 0 radical (unpaired) electrons. The lowest BCUT2D eigenvalue weighted by molar-refractivity contribution is 0.306. The van der Waals surface area contributed by atoms with Crippen molar-refractivity contribution in [3.8, 4) is 28.4 Å². The molecule has 3 aromatic carbocycles. The molecule has 164 valence electrons. The topological polar surface area (TPSA) is 57.9 Å². The molecule has 0 unspecified atom stereocenters. The molecule has 0 aliphatic carbocycles. The Morgan fingerprint density at radius 1 is 0.875 bits per heavy atom. The average molecular weight is 471 g/mol. The SMILES string of the molecule is COc1ccc(-c2c(C)oc3cc(OCc4ccc(Cl)c(Cl)c4)ccc3c2=O)cc1OC. The lowest BCUT2D eigenvalue weighted by atomic mass is 10.0. The van der Waals surface area contributed by atoms with Crippen molar-refractivity contribution >= 4 is 34.2 Å². The highest BCUT2D eigenvalue weighted by molar-refractivity contribution is 6.42. The molecule has 0 fully saturated rings. The van der Waals surface area contributed by atoms with Crippen LogP contribution in [0.15, 0.2) is 63.8 Å². The summed E-state index contributed by atoms with van der Waals surface area (Å²) in [5.74, 6) is 2.19. The summed E-state index contributed by atoms with van der Waals surface area (Å²) in [4.78, 5) is 13.3. The number of halogens is 2. The summed E-state index contributed by atoms with van der Waals surface area (Å²) in [5, 5.41) is 1.42. The quantitative estimate of drug-likeness (QED) is 0.314. The molecule has 1 aromatic heterocycles. The first kappa shape index (κ1) is 22.1. The number of benzene rings is 3. The van der Waals surface area contributed by atoms with Crippen molar-refractivity contribution in [1.29, 1.82) is 0 Å². The highest BCUT2D eigenvalue weighted by Gasteiger charge is 2.16. The molecular formula is C25H20Cl2O5. The maximum absolute atomic E-state index is 13.3. The fraction of sp³-hybridized carbons (Fsp3) is 0.160. The molecule has 0 saturated carbocycles. The smallest absolute Gasteiger partial charge is 0.200 e. The van der Waals surface area contributed by atoms with E-state index in [9.17, 15) is 4.79 Å². The Labute approximate surface area is 195 Å². The van der Waals surface area contributed by atoms with Crippen molar-refractivity contribution in [1.82, 2.24) is 0 Å². The first-order valence-electron chi connectivity index (χ1n) is 9.78. The van der Waals surface area contributed by atoms with Crippen LogP contribution in [0.4, 0.5) is 0 Å². The fourth-order valence-corrected chi connectivity index (χ4v) is 3.82. The van der Waals surface area contributed by atoms with Crippen molar-refractivity contribution in [2.45, 2.75) is 13.5 Å². The molecule has 32 heavy (non-hydrogen) atoms. The van der Waals surface area contributed by atoms with Gasteiger partial charge in [-0.2, -0.15) is 0 Å². The number of ether oxygens (including phenoxy) is 3. The van der Waals surface area contributed by atoms with E-state index in [1.54, 1.807) is 69.7 Å². The third-order valence-corrected chi connectivity index (χ3v) is 5.84. The van der Waals surface area contributed by atoms with E-state index in [0.717, 1.165) is 5.56 Å². The lowest BCUT2D eigenvalue weighted by Gasteiger charge is -2.12. The maximum Gasteiger partial charge on any atom is 0.200 e. The van der Waals surface area contributed by atoms with E-state index in [4.69, 9.17) is 41.8 Å². The molecule has 1 heterocycles. The van der Waals surface area contributed by atoms with Gasteiger partial charge in [0.1, 0.15) is 23.7 Å². The van der Waals surface area contributed by atoms with E-state index < -0.39 is 0 Å². The minimum absolute atomic E-state index is 0.132. The van der Waals surface area contributed by atoms with Crippen molar-refractivity contribution in [2.24, 2.45) is 0 Å². The van der Waals surface area contributed by atoms with Gasteiger partial charge in [-0.3, -0.25) is 4.79 Å². The summed E-state index contributed by atoms with van der Waals surface area (Å²) in [5.41, 5.74) is 2.36. The first-order valence-corrected chi connectivity index (χ1v) is 10.5. The summed E-state index contributed by atoms with van der Waals surface area (Å²) in [6.07, 6.45) is 0. The molecule has 7 heteroatoms. The second kappa shape index (κ2) is 9.15. The van der Waals surface area contributed by atoms with Gasteiger partial charge in [-0.1, -0.05) is 35.3 Å². The minimum atomic E-state index is -0.132.